The predicted octanol–water partition coefficient (Wildman–Crippen LogP) is 1.11. The van der Waals surface area contributed by atoms with Gasteiger partial charge in [-0.3, -0.25) is 0 Å². The van der Waals surface area contributed by atoms with Crippen molar-refractivity contribution >= 4 is 9.84 Å². The van der Waals surface area contributed by atoms with E-state index in [-0.39, 0.29) is 6.04 Å². The molecular formula is C11H13NO2S. The highest BCUT2D eigenvalue weighted by atomic mass is 32.2. The van der Waals surface area contributed by atoms with Gasteiger partial charge >= 0.3 is 0 Å². The zero-order chi connectivity index (χ0) is 11.5. The fourth-order valence-electron chi connectivity index (χ4n) is 1.21. The second-order valence-corrected chi connectivity index (χ2v) is 5.37. The monoisotopic (exact) mass is 223 g/mol. The predicted molar refractivity (Wildman–Crippen MR) is 59.9 cm³/mol. The molecule has 0 aromatic heterocycles. The normalized spacial score (nSPS) is 13.1. The molecule has 0 spiro atoms. The molecule has 0 saturated carbocycles. The lowest BCUT2D eigenvalue weighted by Crippen LogP contribution is -2.09. The number of sulfone groups is 1. The highest BCUT2D eigenvalue weighted by Gasteiger charge is 2.08. The van der Waals surface area contributed by atoms with E-state index in [0.717, 1.165) is 5.56 Å². The number of hydrogen-bond acceptors (Lipinski definition) is 3. The zero-order valence-corrected chi connectivity index (χ0v) is 9.29. The first-order chi connectivity index (χ1) is 6.95. The van der Waals surface area contributed by atoms with Gasteiger partial charge in [0.15, 0.2) is 9.84 Å². The quantitative estimate of drug-likeness (QED) is 0.781. The van der Waals surface area contributed by atoms with E-state index in [1.165, 1.54) is 6.26 Å². The van der Waals surface area contributed by atoms with Crippen LogP contribution in [-0.4, -0.2) is 14.7 Å². The van der Waals surface area contributed by atoms with Crippen LogP contribution >= 0.6 is 0 Å². The third-order valence-corrected chi connectivity index (χ3v) is 3.20. The van der Waals surface area contributed by atoms with Crippen molar-refractivity contribution in [2.75, 3.05) is 6.26 Å². The summed E-state index contributed by atoms with van der Waals surface area (Å²) in [7, 11) is -3.14. The molecule has 0 saturated heterocycles. The Morgan fingerprint density at radius 3 is 2.33 bits per heavy atom. The molecule has 2 N–H and O–H groups in total. The zero-order valence-electron chi connectivity index (χ0n) is 8.47. The second-order valence-electron chi connectivity index (χ2n) is 3.36. The van der Waals surface area contributed by atoms with Crippen LogP contribution < -0.4 is 5.73 Å². The topological polar surface area (TPSA) is 60.2 Å². The summed E-state index contributed by atoms with van der Waals surface area (Å²) >= 11 is 0. The molecule has 0 amide bonds. The van der Waals surface area contributed by atoms with Crippen LogP contribution in [0.5, 0.6) is 0 Å². The molecule has 1 aromatic carbocycles. The Hall–Kier alpha value is -1.31. The molecular weight excluding hydrogens is 210 g/mol. The van der Waals surface area contributed by atoms with Gasteiger partial charge < -0.3 is 5.73 Å². The lowest BCUT2D eigenvalue weighted by atomic mass is 10.1. The van der Waals surface area contributed by atoms with Crippen LogP contribution in [0.2, 0.25) is 0 Å². The number of hydrogen-bond donors (Lipinski definition) is 1. The summed E-state index contributed by atoms with van der Waals surface area (Å²) in [4.78, 5) is 0.291. The highest BCUT2D eigenvalue weighted by molar-refractivity contribution is 7.90. The van der Waals surface area contributed by atoms with Gasteiger partial charge in [-0.2, -0.15) is 0 Å². The van der Waals surface area contributed by atoms with Crippen molar-refractivity contribution in [3.63, 3.8) is 0 Å². The van der Waals surface area contributed by atoms with E-state index in [9.17, 15) is 8.42 Å². The Labute approximate surface area is 90.2 Å². The van der Waals surface area contributed by atoms with Gasteiger partial charge in [0.05, 0.1) is 4.90 Å². The maximum Gasteiger partial charge on any atom is 0.175 e. The van der Waals surface area contributed by atoms with Crippen LogP contribution in [0.15, 0.2) is 29.2 Å². The Bertz CT molecular complexity index is 468. The van der Waals surface area contributed by atoms with E-state index < -0.39 is 9.84 Å². The van der Waals surface area contributed by atoms with E-state index in [4.69, 9.17) is 12.2 Å². The van der Waals surface area contributed by atoms with Crippen LogP contribution in [-0.2, 0) is 9.84 Å². The Balaban J connectivity index is 2.96. The van der Waals surface area contributed by atoms with Crippen molar-refractivity contribution in [2.45, 2.75) is 17.4 Å². The smallest absolute Gasteiger partial charge is 0.175 e. The fraction of sp³-hybridized carbons (Fsp3) is 0.273. The average Bonchev–Trinajstić information content (AvgIpc) is 2.17. The minimum Gasteiger partial charge on any atom is -0.323 e. The summed E-state index contributed by atoms with van der Waals surface area (Å²) in [5.74, 6) is 2.47. The third-order valence-electron chi connectivity index (χ3n) is 2.07. The first kappa shape index (κ1) is 11.8. The van der Waals surface area contributed by atoms with Crippen LogP contribution in [0.1, 0.15) is 18.0 Å². The van der Waals surface area contributed by atoms with Gasteiger partial charge in [-0.05, 0) is 17.7 Å². The second kappa shape index (κ2) is 4.47. The molecule has 0 aliphatic heterocycles. The van der Waals surface area contributed by atoms with Crippen LogP contribution in [0.4, 0.5) is 0 Å². The van der Waals surface area contributed by atoms with Crippen molar-refractivity contribution in [3.05, 3.63) is 29.8 Å². The first-order valence-electron chi connectivity index (χ1n) is 4.44. The van der Waals surface area contributed by atoms with Gasteiger partial charge in [0.1, 0.15) is 0 Å². The van der Waals surface area contributed by atoms with Gasteiger partial charge in [-0.1, -0.05) is 12.1 Å². The van der Waals surface area contributed by atoms with Crippen LogP contribution in [0.25, 0.3) is 0 Å². The van der Waals surface area contributed by atoms with E-state index >= 15 is 0 Å². The fourth-order valence-corrected chi connectivity index (χ4v) is 1.84. The van der Waals surface area contributed by atoms with Crippen molar-refractivity contribution < 1.29 is 8.42 Å². The highest BCUT2D eigenvalue weighted by Crippen LogP contribution is 2.16. The summed E-state index contributed by atoms with van der Waals surface area (Å²) in [6.07, 6.45) is 6.75. The summed E-state index contributed by atoms with van der Waals surface area (Å²) in [6, 6.07) is 6.24. The lowest BCUT2D eigenvalue weighted by molar-refractivity contribution is 0.601. The Kier molecular flexibility index (Phi) is 3.51. The molecule has 0 bridgehead atoms. The molecule has 0 fully saturated rings. The maximum atomic E-state index is 11.2. The lowest BCUT2D eigenvalue weighted by Gasteiger charge is -2.08. The minimum atomic E-state index is -3.14. The molecule has 0 aliphatic rings. The Morgan fingerprint density at radius 2 is 1.93 bits per heavy atom. The molecule has 1 aromatic rings. The van der Waals surface area contributed by atoms with Gasteiger partial charge in [-0.15, -0.1) is 12.3 Å². The molecule has 1 rings (SSSR count). The molecule has 0 heterocycles. The number of benzene rings is 1. The van der Waals surface area contributed by atoms with Gasteiger partial charge in [0.2, 0.25) is 0 Å². The van der Waals surface area contributed by atoms with Gasteiger partial charge in [0, 0.05) is 18.7 Å². The molecule has 0 radical (unpaired) electrons. The summed E-state index contributed by atoms with van der Waals surface area (Å²) in [5.41, 5.74) is 6.62. The molecule has 0 aliphatic carbocycles. The average molecular weight is 223 g/mol. The van der Waals surface area contributed by atoms with Crippen molar-refractivity contribution in [1.29, 1.82) is 0 Å². The van der Waals surface area contributed by atoms with E-state index in [0.29, 0.717) is 11.3 Å². The number of rotatable bonds is 3. The van der Waals surface area contributed by atoms with E-state index in [1.807, 2.05) is 0 Å². The van der Waals surface area contributed by atoms with Gasteiger partial charge in [0.25, 0.3) is 0 Å². The van der Waals surface area contributed by atoms with Crippen molar-refractivity contribution in [1.82, 2.24) is 0 Å². The van der Waals surface area contributed by atoms with Crippen molar-refractivity contribution in [3.8, 4) is 12.3 Å². The third kappa shape index (κ3) is 3.08. The van der Waals surface area contributed by atoms with E-state index in [1.54, 1.807) is 24.3 Å². The standard InChI is InChI=1S/C11H13NO2S/c1-3-4-11(12)9-5-7-10(8-6-9)15(2,13)14/h1,5-8,11H,4,12H2,2H3. The molecule has 1 atom stereocenters. The van der Waals surface area contributed by atoms with Crippen molar-refractivity contribution in [2.24, 2.45) is 5.73 Å². The first-order valence-corrected chi connectivity index (χ1v) is 6.33. The van der Waals surface area contributed by atoms with E-state index in [2.05, 4.69) is 5.92 Å². The minimum absolute atomic E-state index is 0.233. The number of terminal acetylenes is 1. The summed E-state index contributed by atoms with van der Waals surface area (Å²) < 4.78 is 22.4. The maximum absolute atomic E-state index is 11.2. The van der Waals surface area contributed by atoms with Crippen LogP contribution in [0, 0.1) is 12.3 Å². The molecule has 4 heteroatoms. The number of nitrogens with two attached hydrogens (primary N) is 1. The largest absolute Gasteiger partial charge is 0.323 e. The van der Waals surface area contributed by atoms with Crippen LogP contribution in [0.3, 0.4) is 0 Å². The Morgan fingerprint density at radius 1 is 1.40 bits per heavy atom. The van der Waals surface area contributed by atoms with Gasteiger partial charge in [-0.25, -0.2) is 8.42 Å². The summed E-state index contributed by atoms with van der Waals surface area (Å²) in [5, 5.41) is 0. The summed E-state index contributed by atoms with van der Waals surface area (Å²) in [6.45, 7) is 0. The molecule has 15 heavy (non-hydrogen) atoms. The molecule has 1 unspecified atom stereocenters. The molecule has 3 nitrogen and oxygen atoms in total. The molecule has 80 valence electrons. The SMILES string of the molecule is C#CCC(N)c1ccc(S(C)(=O)=O)cc1.